The number of ether oxygens (including phenoxy) is 2. The molecular weight excluding hydrogens is 455 g/mol. The summed E-state index contributed by atoms with van der Waals surface area (Å²) in [4.78, 5) is 7.12. The number of halogens is 1. The van der Waals surface area contributed by atoms with Gasteiger partial charge in [-0.15, -0.1) is 24.0 Å². The Morgan fingerprint density at radius 3 is 2.33 bits per heavy atom. The van der Waals surface area contributed by atoms with Gasteiger partial charge in [0.1, 0.15) is 0 Å². The van der Waals surface area contributed by atoms with Crippen LogP contribution in [0.1, 0.15) is 38.8 Å². The standard InChI is InChI=1S/C20H34N4O2.HI/c1-7-21-19(22-9-10-23-20(2,3)4)24-11-8-15-12-17(25-5)18(26-6)13-16(15)14-24;/h12-13,23H,7-11,14H2,1-6H3,(H,21,22);1H. The number of hydrogen-bond acceptors (Lipinski definition) is 4. The lowest BCUT2D eigenvalue weighted by Gasteiger charge is -2.32. The van der Waals surface area contributed by atoms with Crippen molar-refractivity contribution in [2.75, 3.05) is 40.4 Å². The second-order valence-corrected chi connectivity index (χ2v) is 7.56. The number of fused-ring (bicyclic) bond motifs is 1. The first kappa shape index (κ1) is 23.8. The lowest BCUT2D eigenvalue weighted by Crippen LogP contribution is -2.44. The predicted octanol–water partition coefficient (Wildman–Crippen LogP) is 3.03. The van der Waals surface area contributed by atoms with Gasteiger partial charge in [0.05, 0.1) is 20.8 Å². The second kappa shape index (κ2) is 10.9. The first-order valence-electron chi connectivity index (χ1n) is 9.40. The molecule has 0 amide bonds. The zero-order valence-electron chi connectivity index (χ0n) is 17.5. The van der Waals surface area contributed by atoms with Crippen LogP contribution in [-0.4, -0.2) is 56.8 Å². The molecule has 154 valence electrons. The first-order valence-corrected chi connectivity index (χ1v) is 9.40. The van der Waals surface area contributed by atoms with Crippen LogP contribution in [0.5, 0.6) is 11.5 Å². The Kier molecular flexibility index (Phi) is 9.66. The van der Waals surface area contributed by atoms with Gasteiger partial charge in [-0.2, -0.15) is 0 Å². The summed E-state index contributed by atoms with van der Waals surface area (Å²) in [5, 5.41) is 6.91. The third-order valence-corrected chi connectivity index (χ3v) is 4.38. The minimum Gasteiger partial charge on any atom is -0.493 e. The van der Waals surface area contributed by atoms with Gasteiger partial charge in [0.25, 0.3) is 0 Å². The van der Waals surface area contributed by atoms with Crippen LogP contribution in [-0.2, 0) is 13.0 Å². The normalized spacial score (nSPS) is 14.3. The second-order valence-electron chi connectivity index (χ2n) is 7.56. The first-order chi connectivity index (χ1) is 12.4. The molecule has 1 aliphatic rings. The summed E-state index contributed by atoms with van der Waals surface area (Å²) in [7, 11) is 3.36. The van der Waals surface area contributed by atoms with Gasteiger partial charge >= 0.3 is 0 Å². The van der Waals surface area contributed by atoms with Crippen molar-refractivity contribution in [3.63, 3.8) is 0 Å². The largest absolute Gasteiger partial charge is 0.493 e. The molecule has 0 saturated carbocycles. The van der Waals surface area contributed by atoms with Crippen LogP contribution in [0.2, 0.25) is 0 Å². The minimum atomic E-state index is 0. The third-order valence-electron chi connectivity index (χ3n) is 4.38. The molecule has 1 heterocycles. The van der Waals surface area contributed by atoms with Crippen molar-refractivity contribution in [3.05, 3.63) is 23.3 Å². The molecule has 7 heteroatoms. The van der Waals surface area contributed by atoms with Gasteiger partial charge in [0.2, 0.25) is 0 Å². The average molecular weight is 490 g/mol. The van der Waals surface area contributed by atoms with E-state index in [1.54, 1.807) is 14.2 Å². The topological polar surface area (TPSA) is 58.1 Å². The molecule has 0 unspecified atom stereocenters. The van der Waals surface area contributed by atoms with Gasteiger partial charge in [0, 0.05) is 31.7 Å². The smallest absolute Gasteiger partial charge is 0.194 e. The van der Waals surface area contributed by atoms with Gasteiger partial charge in [-0.1, -0.05) is 0 Å². The molecule has 27 heavy (non-hydrogen) atoms. The van der Waals surface area contributed by atoms with Crippen molar-refractivity contribution in [3.8, 4) is 11.5 Å². The highest BCUT2D eigenvalue weighted by molar-refractivity contribution is 14.0. The maximum Gasteiger partial charge on any atom is 0.194 e. The van der Waals surface area contributed by atoms with Crippen molar-refractivity contribution >= 4 is 29.9 Å². The Bertz CT molecular complexity index is 629. The number of methoxy groups -OCH3 is 2. The molecule has 0 radical (unpaired) electrons. The number of nitrogens with one attached hydrogen (secondary N) is 2. The molecule has 0 fully saturated rings. The van der Waals surface area contributed by atoms with E-state index in [0.717, 1.165) is 56.6 Å². The maximum atomic E-state index is 5.46. The van der Waals surface area contributed by atoms with Crippen molar-refractivity contribution in [1.82, 2.24) is 15.5 Å². The summed E-state index contributed by atoms with van der Waals surface area (Å²) >= 11 is 0. The van der Waals surface area contributed by atoms with Crippen LogP contribution in [0, 0.1) is 0 Å². The summed E-state index contributed by atoms with van der Waals surface area (Å²) in [6, 6.07) is 4.19. The molecular formula is C20H35IN4O2. The fourth-order valence-corrected chi connectivity index (χ4v) is 3.08. The van der Waals surface area contributed by atoms with E-state index in [0.29, 0.717) is 0 Å². The highest BCUT2D eigenvalue weighted by atomic mass is 127. The van der Waals surface area contributed by atoms with E-state index < -0.39 is 0 Å². The van der Waals surface area contributed by atoms with Crippen LogP contribution < -0.4 is 20.1 Å². The molecule has 0 spiro atoms. The average Bonchev–Trinajstić information content (AvgIpc) is 2.61. The van der Waals surface area contributed by atoms with E-state index in [9.17, 15) is 0 Å². The van der Waals surface area contributed by atoms with E-state index in [1.165, 1.54) is 11.1 Å². The summed E-state index contributed by atoms with van der Waals surface area (Å²) in [6.07, 6.45) is 0.973. The van der Waals surface area contributed by atoms with Crippen LogP contribution in [0.3, 0.4) is 0 Å². The fourth-order valence-electron chi connectivity index (χ4n) is 3.08. The molecule has 1 aliphatic heterocycles. The van der Waals surface area contributed by atoms with Crippen molar-refractivity contribution < 1.29 is 9.47 Å². The maximum absolute atomic E-state index is 5.46. The van der Waals surface area contributed by atoms with Gasteiger partial charge in [-0.3, -0.25) is 4.99 Å². The summed E-state index contributed by atoms with van der Waals surface area (Å²) < 4.78 is 10.9. The molecule has 0 bridgehead atoms. The van der Waals surface area contributed by atoms with Crippen molar-refractivity contribution in [1.29, 1.82) is 0 Å². The Hall–Kier alpha value is -1.22. The van der Waals surface area contributed by atoms with E-state index in [4.69, 9.17) is 14.5 Å². The monoisotopic (exact) mass is 490 g/mol. The number of nitrogens with zero attached hydrogens (tertiary/aromatic N) is 2. The minimum absolute atomic E-state index is 0. The quantitative estimate of drug-likeness (QED) is 0.278. The predicted molar refractivity (Wildman–Crippen MR) is 123 cm³/mol. The molecule has 2 N–H and O–H groups in total. The van der Waals surface area contributed by atoms with E-state index in [2.05, 4.69) is 55.4 Å². The Morgan fingerprint density at radius 2 is 1.78 bits per heavy atom. The van der Waals surface area contributed by atoms with Gasteiger partial charge in [-0.25, -0.2) is 0 Å². The number of benzene rings is 1. The van der Waals surface area contributed by atoms with E-state index >= 15 is 0 Å². The van der Waals surface area contributed by atoms with Crippen molar-refractivity contribution in [2.45, 2.75) is 46.2 Å². The van der Waals surface area contributed by atoms with Crippen LogP contribution in [0.4, 0.5) is 0 Å². The zero-order chi connectivity index (χ0) is 19.2. The van der Waals surface area contributed by atoms with Gasteiger partial charge < -0.3 is 25.0 Å². The summed E-state index contributed by atoms with van der Waals surface area (Å²) in [6.45, 7) is 12.9. The van der Waals surface area contributed by atoms with Crippen LogP contribution in [0.15, 0.2) is 17.1 Å². The van der Waals surface area contributed by atoms with Crippen LogP contribution >= 0.6 is 24.0 Å². The molecule has 6 nitrogen and oxygen atoms in total. The Morgan fingerprint density at radius 1 is 1.15 bits per heavy atom. The molecule has 0 atom stereocenters. The Labute approximate surface area is 181 Å². The zero-order valence-corrected chi connectivity index (χ0v) is 19.8. The molecule has 1 aromatic rings. The van der Waals surface area contributed by atoms with Crippen molar-refractivity contribution in [2.24, 2.45) is 4.99 Å². The molecule has 0 saturated heterocycles. The number of aliphatic imine (C=N–C) groups is 1. The molecule has 2 rings (SSSR count). The van der Waals surface area contributed by atoms with Gasteiger partial charge in [0.15, 0.2) is 17.5 Å². The molecule has 1 aromatic carbocycles. The third kappa shape index (κ3) is 7.03. The lowest BCUT2D eigenvalue weighted by molar-refractivity contribution is 0.345. The molecule has 0 aromatic heterocycles. The SMILES string of the molecule is CCNC(=NCCNC(C)(C)C)N1CCc2cc(OC)c(OC)cc2C1.I. The fraction of sp³-hybridized carbons (Fsp3) is 0.650. The van der Waals surface area contributed by atoms with E-state index in [-0.39, 0.29) is 29.5 Å². The van der Waals surface area contributed by atoms with E-state index in [1.807, 2.05) is 0 Å². The van der Waals surface area contributed by atoms with Crippen LogP contribution in [0.25, 0.3) is 0 Å². The Balaban J connectivity index is 0.00000364. The highest BCUT2D eigenvalue weighted by Gasteiger charge is 2.21. The summed E-state index contributed by atoms with van der Waals surface area (Å²) in [5.41, 5.74) is 2.71. The molecule has 0 aliphatic carbocycles. The van der Waals surface area contributed by atoms with Gasteiger partial charge in [-0.05, 0) is 57.4 Å². The highest BCUT2D eigenvalue weighted by Crippen LogP contribution is 2.33. The summed E-state index contributed by atoms with van der Waals surface area (Å²) in [5.74, 6) is 2.56. The number of hydrogen-bond donors (Lipinski definition) is 2. The lowest BCUT2D eigenvalue weighted by atomic mass is 9.99. The number of guanidine groups is 1. The number of rotatable bonds is 6.